The molecule has 1 aromatic rings. The van der Waals surface area contributed by atoms with Gasteiger partial charge in [0.25, 0.3) is 5.91 Å². The Balaban J connectivity index is 2.12. The summed E-state index contributed by atoms with van der Waals surface area (Å²) in [7, 11) is 1.71. The number of likely N-dealkylation sites (tertiary alicyclic amines) is 1. The fraction of sp³-hybridized carbons (Fsp3) is 0.545. The molecule has 2 heterocycles. The first-order chi connectivity index (χ1) is 7.99. The Kier molecular flexibility index (Phi) is 2.87. The SMILES string of the molecule is Cc1cc(C(=O)N2CCC(C(=O)O)C2)n(C)n1. The van der Waals surface area contributed by atoms with E-state index in [1.807, 2.05) is 6.92 Å². The molecule has 0 aromatic carbocycles. The minimum absolute atomic E-state index is 0.142. The third-order valence-electron chi connectivity index (χ3n) is 3.05. The van der Waals surface area contributed by atoms with Crippen molar-refractivity contribution in [3.05, 3.63) is 17.5 Å². The summed E-state index contributed by atoms with van der Waals surface area (Å²) in [6, 6.07) is 1.72. The molecule has 0 aliphatic carbocycles. The maximum Gasteiger partial charge on any atom is 0.308 e. The number of carboxylic acids is 1. The molecule has 0 radical (unpaired) electrons. The Morgan fingerprint density at radius 1 is 1.53 bits per heavy atom. The van der Waals surface area contributed by atoms with Crippen molar-refractivity contribution in [2.75, 3.05) is 13.1 Å². The van der Waals surface area contributed by atoms with Gasteiger partial charge in [0.05, 0.1) is 11.6 Å². The summed E-state index contributed by atoms with van der Waals surface area (Å²) in [5.74, 6) is -1.41. The molecule has 1 N–H and O–H groups in total. The number of amides is 1. The highest BCUT2D eigenvalue weighted by molar-refractivity contribution is 5.93. The molecule has 1 fully saturated rings. The summed E-state index contributed by atoms with van der Waals surface area (Å²) in [5, 5.41) is 13.0. The summed E-state index contributed by atoms with van der Waals surface area (Å²) >= 11 is 0. The number of aliphatic carboxylic acids is 1. The maximum atomic E-state index is 12.1. The van der Waals surface area contributed by atoms with Crippen LogP contribution in [0.4, 0.5) is 0 Å². The van der Waals surface area contributed by atoms with Crippen LogP contribution in [0.3, 0.4) is 0 Å². The first-order valence-electron chi connectivity index (χ1n) is 5.51. The van der Waals surface area contributed by atoms with E-state index in [1.54, 1.807) is 18.0 Å². The lowest BCUT2D eigenvalue weighted by molar-refractivity contribution is -0.141. The second-order valence-electron chi connectivity index (χ2n) is 4.37. The summed E-state index contributed by atoms with van der Waals surface area (Å²) in [6.07, 6.45) is 0.526. The molecular weight excluding hydrogens is 222 g/mol. The van der Waals surface area contributed by atoms with Gasteiger partial charge >= 0.3 is 5.97 Å². The van der Waals surface area contributed by atoms with Crippen molar-refractivity contribution >= 4 is 11.9 Å². The highest BCUT2D eigenvalue weighted by atomic mass is 16.4. The number of hydrogen-bond acceptors (Lipinski definition) is 3. The van der Waals surface area contributed by atoms with Crippen LogP contribution >= 0.6 is 0 Å². The number of hydrogen-bond donors (Lipinski definition) is 1. The molecular formula is C11H15N3O3. The Morgan fingerprint density at radius 3 is 2.71 bits per heavy atom. The largest absolute Gasteiger partial charge is 0.481 e. The minimum atomic E-state index is -0.832. The first kappa shape index (κ1) is 11.6. The van der Waals surface area contributed by atoms with Crippen LogP contribution in [0.2, 0.25) is 0 Å². The van der Waals surface area contributed by atoms with Crippen molar-refractivity contribution < 1.29 is 14.7 Å². The van der Waals surface area contributed by atoms with E-state index in [0.29, 0.717) is 25.2 Å². The van der Waals surface area contributed by atoms with Gasteiger partial charge in [-0.3, -0.25) is 14.3 Å². The average molecular weight is 237 g/mol. The van der Waals surface area contributed by atoms with E-state index in [2.05, 4.69) is 5.10 Å². The van der Waals surface area contributed by atoms with Crippen molar-refractivity contribution in [2.45, 2.75) is 13.3 Å². The fourth-order valence-electron chi connectivity index (χ4n) is 2.12. The number of nitrogens with zero attached hydrogens (tertiary/aromatic N) is 3. The highest BCUT2D eigenvalue weighted by Gasteiger charge is 2.32. The van der Waals surface area contributed by atoms with E-state index >= 15 is 0 Å². The molecule has 1 amide bonds. The second kappa shape index (κ2) is 4.20. The summed E-state index contributed by atoms with van der Waals surface area (Å²) in [4.78, 5) is 24.5. The van der Waals surface area contributed by atoms with Crippen LogP contribution in [0, 0.1) is 12.8 Å². The Morgan fingerprint density at radius 2 is 2.24 bits per heavy atom. The molecule has 6 nitrogen and oxygen atoms in total. The lowest BCUT2D eigenvalue weighted by Crippen LogP contribution is -2.31. The lowest BCUT2D eigenvalue weighted by atomic mass is 10.1. The van der Waals surface area contributed by atoms with Crippen molar-refractivity contribution in [2.24, 2.45) is 13.0 Å². The van der Waals surface area contributed by atoms with Gasteiger partial charge in [0.15, 0.2) is 0 Å². The number of carbonyl (C=O) groups excluding carboxylic acids is 1. The van der Waals surface area contributed by atoms with Gasteiger partial charge in [-0.05, 0) is 19.4 Å². The van der Waals surface area contributed by atoms with Crippen LogP contribution in [0.5, 0.6) is 0 Å². The summed E-state index contributed by atoms with van der Waals surface area (Å²) < 4.78 is 1.53. The quantitative estimate of drug-likeness (QED) is 0.801. The molecule has 1 saturated heterocycles. The van der Waals surface area contributed by atoms with Crippen LogP contribution in [-0.4, -0.2) is 44.8 Å². The lowest BCUT2D eigenvalue weighted by Gasteiger charge is -2.15. The second-order valence-corrected chi connectivity index (χ2v) is 4.37. The van der Waals surface area contributed by atoms with Gasteiger partial charge in [-0.1, -0.05) is 0 Å². The zero-order chi connectivity index (χ0) is 12.6. The summed E-state index contributed by atoms with van der Waals surface area (Å²) in [5.41, 5.74) is 1.29. The van der Waals surface area contributed by atoms with Crippen LogP contribution in [0.15, 0.2) is 6.07 Å². The zero-order valence-electron chi connectivity index (χ0n) is 9.88. The van der Waals surface area contributed by atoms with Crippen LogP contribution in [0.25, 0.3) is 0 Å². The molecule has 1 unspecified atom stereocenters. The van der Waals surface area contributed by atoms with Crippen molar-refractivity contribution in [3.63, 3.8) is 0 Å². The molecule has 0 bridgehead atoms. The van der Waals surface area contributed by atoms with E-state index < -0.39 is 11.9 Å². The van der Waals surface area contributed by atoms with Gasteiger partial charge in [-0.25, -0.2) is 0 Å². The van der Waals surface area contributed by atoms with Crippen LogP contribution in [0.1, 0.15) is 22.6 Å². The highest BCUT2D eigenvalue weighted by Crippen LogP contribution is 2.19. The molecule has 1 atom stereocenters. The first-order valence-corrected chi connectivity index (χ1v) is 5.51. The van der Waals surface area contributed by atoms with E-state index in [1.165, 1.54) is 4.68 Å². The van der Waals surface area contributed by atoms with Gasteiger partial charge in [0, 0.05) is 20.1 Å². The van der Waals surface area contributed by atoms with E-state index in [0.717, 1.165) is 5.69 Å². The fourth-order valence-corrected chi connectivity index (χ4v) is 2.12. The van der Waals surface area contributed by atoms with E-state index in [9.17, 15) is 9.59 Å². The molecule has 2 rings (SSSR count). The van der Waals surface area contributed by atoms with Gasteiger partial charge in [-0.2, -0.15) is 5.10 Å². The monoisotopic (exact) mass is 237 g/mol. The predicted octanol–water partition coefficient (Wildman–Crippen LogP) is 0.275. The van der Waals surface area contributed by atoms with Crippen LogP contribution < -0.4 is 0 Å². The standard InChI is InChI=1S/C11H15N3O3/c1-7-5-9(13(2)12-7)10(15)14-4-3-8(6-14)11(16)17/h5,8H,3-4,6H2,1-2H3,(H,16,17). The van der Waals surface area contributed by atoms with Gasteiger partial charge in [0.2, 0.25) is 0 Å². The Labute approximate surface area is 98.8 Å². The number of rotatable bonds is 2. The number of aryl methyl sites for hydroxylation is 2. The predicted molar refractivity (Wildman–Crippen MR) is 59.6 cm³/mol. The minimum Gasteiger partial charge on any atom is -0.481 e. The summed E-state index contributed by atoms with van der Waals surface area (Å²) in [6.45, 7) is 2.61. The maximum absolute atomic E-state index is 12.1. The zero-order valence-corrected chi connectivity index (χ0v) is 9.88. The van der Waals surface area contributed by atoms with E-state index in [4.69, 9.17) is 5.11 Å². The molecule has 0 spiro atoms. The molecule has 17 heavy (non-hydrogen) atoms. The topological polar surface area (TPSA) is 75.4 Å². The molecule has 92 valence electrons. The number of carboxylic acid groups (broad SMARTS) is 1. The third-order valence-corrected chi connectivity index (χ3v) is 3.05. The molecule has 0 saturated carbocycles. The van der Waals surface area contributed by atoms with Gasteiger partial charge in [-0.15, -0.1) is 0 Å². The smallest absolute Gasteiger partial charge is 0.308 e. The Bertz CT molecular complexity index is 467. The van der Waals surface area contributed by atoms with Crippen molar-refractivity contribution in [3.8, 4) is 0 Å². The van der Waals surface area contributed by atoms with Crippen LogP contribution in [-0.2, 0) is 11.8 Å². The van der Waals surface area contributed by atoms with Gasteiger partial charge in [0.1, 0.15) is 5.69 Å². The number of carbonyl (C=O) groups is 2. The normalized spacial score (nSPS) is 19.6. The van der Waals surface area contributed by atoms with Crippen molar-refractivity contribution in [1.82, 2.24) is 14.7 Å². The van der Waals surface area contributed by atoms with Gasteiger partial charge < -0.3 is 10.0 Å². The van der Waals surface area contributed by atoms with E-state index in [-0.39, 0.29) is 5.91 Å². The van der Waals surface area contributed by atoms with Crippen molar-refractivity contribution in [1.29, 1.82) is 0 Å². The molecule has 1 aliphatic rings. The third kappa shape index (κ3) is 2.15. The number of aromatic nitrogens is 2. The molecule has 1 aromatic heterocycles. The average Bonchev–Trinajstić information content (AvgIpc) is 2.84. The molecule has 6 heteroatoms. The Hall–Kier alpha value is -1.85. The molecule has 1 aliphatic heterocycles.